The molecule has 0 aliphatic carbocycles. The van der Waals surface area contributed by atoms with Gasteiger partial charge in [-0.05, 0) is 18.6 Å². The molecule has 0 radical (unpaired) electrons. The van der Waals surface area contributed by atoms with E-state index >= 15 is 0 Å². The van der Waals surface area contributed by atoms with E-state index in [2.05, 4.69) is 55.6 Å². The van der Waals surface area contributed by atoms with E-state index in [0.29, 0.717) is 0 Å². The zero-order valence-electron chi connectivity index (χ0n) is 11.8. The normalized spacial score (nSPS) is 13.5. The summed E-state index contributed by atoms with van der Waals surface area (Å²) in [5, 5.41) is 4.33. The van der Waals surface area contributed by atoms with Crippen molar-refractivity contribution in [1.82, 2.24) is 15.2 Å². The highest BCUT2D eigenvalue weighted by Crippen LogP contribution is 2.36. The topological polar surface area (TPSA) is 55.9 Å². The number of nitrogens with two attached hydrogens (primary N) is 1. The van der Waals surface area contributed by atoms with Crippen molar-refractivity contribution < 1.29 is 0 Å². The van der Waals surface area contributed by atoms with Gasteiger partial charge in [0.25, 0.3) is 0 Å². The molecular weight excluding hydrogens is 236 g/mol. The maximum atomic E-state index is 5.82. The van der Waals surface area contributed by atoms with Crippen LogP contribution in [0.25, 0.3) is 0 Å². The molecule has 4 heteroatoms. The zero-order chi connectivity index (χ0) is 13.9. The summed E-state index contributed by atoms with van der Waals surface area (Å²) in [5.41, 5.74) is 5.20. The van der Waals surface area contributed by atoms with Crippen LogP contribution in [0, 0.1) is 0 Å². The molecule has 2 aromatic rings. The first-order chi connectivity index (χ1) is 9.11. The molecule has 0 fully saturated rings. The van der Waals surface area contributed by atoms with Crippen molar-refractivity contribution in [2.75, 3.05) is 0 Å². The summed E-state index contributed by atoms with van der Waals surface area (Å²) in [4.78, 5) is 0. The lowest BCUT2D eigenvalue weighted by Gasteiger charge is -2.34. The minimum Gasteiger partial charge on any atom is -0.271 e. The second-order valence-corrected chi connectivity index (χ2v) is 5.26. The highest BCUT2D eigenvalue weighted by molar-refractivity contribution is 5.29. The van der Waals surface area contributed by atoms with Crippen LogP contribution in [-0.2, 0) is 12.0 Å². The third kappa shape index (κ3) is 2.55. The van der Waals surface area contributed by atoms with Crippen LogP contribution in [0.2, 0.25) is 0 Å². The van der Waals surface area contributed by atoms with E-state index in [-0.39, 0.29) is 11.5 Å². The maximum absolute atomic E-state index is 5.82. The summed E-state index contributed by atoms with van der Waals surface area (Å²) >= 11 is 0. The van der Waals surface area contributed by atoms with E-state index in [1.54, 1.807) is 0 Å². The Hall–Kier alpha value is -1.65. The molecular formula is C15H22N4. The molecule has 0 amide bonds. The molecule has 0 aliphatic heterocycles. The standard InChI is InChI=1S/C15H22N4/c1-4-19-13(10-11-17-19)14(18-16)15(2,3)12-8-6-5-7-9-12/h5-11,14,18H,4,16H2,1-3H3. The van der Waals surface area contributed by atoms with E-state index in [1.165, 1.54) is 5.56 Å². The zero-order valence-corrected chi connectivity index (χ0v) is 11.8. The fourth-order valence-corrected chi connectivity index (χ4v) is 2.55. The van der Waals surface area contributed by atoms with E-state index < -0.39 is 0 Å². The summed E-state index contributed by atoms with van der Waals surface area (Å²) in [6, 6.07) is 12.5. The molecule has 19 heavy (non-hydrogen) atoms. The molecule has 4 nitrogen and oxygen atoms in total. The van der Waals surface area contributed by atoms with Crippen LogP contribution in [0.1, 0.15) is 38.1 Å². The van der Waals surface area contributed by atoms with Gasteiger partial charge in [0.1, 0.15) is 0 Å². The van der Waals surface area contributed by atoms with Gasteiger partial charge < -0.3 is 0 Å². The predicted octanol–water partition coefficient (Wildman–Crippen LogP) is 2.39. The Morgan fingerprint density at radius 2 is 1.95 bits per heavy atom. The minimum atomic E-state index is -0.122. The van der Waals surface area contributed by atoms with E-state index in [1.807, 2.05) is 23.0 Å². The first-order valence-corrected chi connectivity index (χ1v) is 6.64. The van der Waals surface area contributed by atoms with E-state index in [9.17, 15) is 0 Å². The smallest absolute Gasteiger partial charge is 0.0720 e. The molecule has 0 aliphatic rings. The lowest BCUT2D eigenvalue weighted by molar-refractivity contribution is 0.332. The van der Waals surface area contributed by atoms with Gasteiger partial charge in [-0.25, -0.2) is 0 Å². The molecule has 0 saturated heterocycles. The molecule has 102 valence electrons. The van der Waals surface area contributed by atoms with Gasteiger partial charge in [-0.15, -0.1) is 0 Å². The van der Waals surface area contributed by atoms with Crippen LogP contribution < -0.4 is 11.3 Å². The second-order valence-electron chi connectivity index (χ2n) is 5.26. The van der Waals surface area contributed by atoms with Crippen molar-refractivity contribution in [1.29, 1.82) is 0 Å². The van der Waals surface area contributed by atoms with Crippen LogP contribution in [-0.4, -0.2) is 9.78 Å². The number of aryl methyl sites for hydroxylation is 1. The van der Waals surface area contributed by atoms with Gasteiger partial charge in [0, 0.05) is 18.2 Å². The number of hydrazine groups is 1. The maximum Gasteiger partial charge on any atom is 0.0720 e. The second kappa shape index (κ2) is 5.55. The first kappa shape index (κ1) is 13.8. The lowest BCUT2D eigenvalue weighted by Crippen LogP contribution is -2.42. The number of hydrogen-bond donors (Lipinski definition) is 2. The monoisotopic (exact) mass is 258 g/mol. The summed E-state index contributed by atoms with van der Waals surface area (Å²) in [6.07, 6.45) is 1.82. The number of hydrogen-bond acceptors (Lipinski definition) is 3. The number of nitrogens with zero attached hydrogens (tertiary/aromatic N) is 2. The molecule has 3 N–H and O–H groups in total. The Kier molecular flexibility index (Phi) is 4.02. The van der Waals surface area contributed by atoms with Crippen molar-refractivity contribution in [3.63, 3.8) is 0 Å². The molecule has 0 bridgehead atoms. The average Bonchev–Trinajstić information content (AvgIpc) is 2.88. The first-order valence-electron chi connectivity index (χ1n) is 6.64. The Balaban J connectivity index is 2.42. The van der Waals surface area contributed by atoms with Gasteiger partial charge >= 0.3 is 0 Å². The highest BCUT2D eigenvalue weighted by Gasteiger charge is 2.33. The third-order valence-electron chi connectivity index (χ3n) is 3.75. The van der Waals surface area contributed by atoms with Crippen molar-refractivity contribution in [2.24, 2.45) is 5.84 Å². The van der Waals surface area contributed by atoms with Crippen molar-refractivity contribution in [3.8, 4) is 0 Å². The Bertz CT molecular complexity index is 516. The molecule has 1 aromatic carbocycles. The number of aromatic nitrogens is 2. The summed E-state index contributed by atoms with van der Waals surface area (Å²) < 4.78 is 1.98. The van der Waals surface area contributed by atoms with Crippen LogP contribution in [0.15, 0.2) is 42.6 Å². The summed E-state index contributed by atoms with van der Waals surface area (Å²) in [5.74, 6) is 5.82. The third-order valence-corrected chi connectivity index (χ3v) is 3.75. The van der Waals surface area contributed by atoms with Crippen LogP contribution in [0.4, 0.5) is 0 Å². The van der Waals surface area contributed by atoms with Crippen LogP contribution >= 0.6 is 0 Å². The quantitative estimate of drug-likeness (QED) is 0.639. The summed E-state index contributed by atoms with van der Waals surface area (Å²) in [6.45, 7) is 7.31. The average molecular weight is 258 g/mol. The van der Waals surface area contributed by atoms with Crippen LogP contribution in [0.5, 0.6) is 0 Å². The molecule has 1 heterocycles. The fourth-order valence-electron chi connectivity index (χ4n) is 2.55. The summed E-state index contributed by atoms with van der Waals surface area (Å²) in [7, 11) is 0. The van der Waals surface area contributed by atoms with Crippen molar-refractivity contribution in [3.05, 3.63) is 53.9 Å². The molecule has 1 unspecified atom stereocenters. The van der Waals surface area contributed by atoms with Crippen LogP contribution in [0.3, 0.4) is 0 Å². The molecule has 1 atom stereocenters. The predicted molar refractivity (Wildman–Crippen MR) is 77.4 cm³/mol. The van der Waals surface area contributed by atoms with Gasteiger partial charge in [-0.3, -0.25) is 16.0 Å². The number of rotatable bonds is 5. The molecule has 2 rings (SSSR count). The van der Waals surface area contributed by atoms with Gasteiger partial charge in [-0.1, -0.05) is 44.2 Å². The fraction of sp³-hybridized carbons (Fsp3) is 0.400. The van der Waals surface area contributed by atoms with Gasteiger partial charge in [0.2, 0.25) is 0 Å². The van der Waals surface area contributed by atoms with Gasteiger partial charge in [0.15, 0.2) is 0 Å². The van der Waals surface area contributed by atoms with Crippen molar-refractivity contribution in [2.45, 2.75) is 38.8 Å². The molecule has 1 aromatic heterocycles. The largest absolute Gasteiger partial charge is 0.271 e. The SMILES string of the molecule is CCn1nccc1C(NN)C(C)(C)c1ccccc1. The Labute approximate surface area is 114 Å². The number of nitrogens with one attached hydrogen (secondary N) is 1. The highest BCUT2D eigenvalue weighted by atomic mass is 15.3. The Morgan fingerprint density at radius 3 is 2.53 bits per heavy atom. The van der Waals surface area contributed by atoms with E-state index in [4.69, 9.17) is 5.84 Å². The number of benzene rings is 1. The minimum absolute atomic E-state index is 0.0114. The lowest BCUT2D eigenvalue weighted by atomic mass is 9.76. The molecule has 0 saturated carbocycles. The van der Waals surface area contributed by atoms with Gasteiger partial charge in [0.05, 0.1) is 11.7 Å². The molecule has 0 spiro atoms. The van der Waals surface area contributed by atoms with Gasteiger partial charge in [-0.2, -0.15) is 5.10 Å². The van der Waals surface area contributed by atoms with Crippen molar-refractivity contribution >= 4 is 0 Å². The van der Waals surface area contributed by atoms with E-state index in [0.717, 1.165) is 12.2 Å². The Morgan fingerprint density at radius 1 is 1.26 bits per heavy atom.